The standard InChI is InChI=1S/C10H11BrN2O/c1-7-9(4-5-14)12-10-3-2-8(11)6-13(7)10/h2-3,6,14H,4-5H2,1H3. The van der Waals surface area contributed by atoms with Crippen molar-refractivity contribution in [3.05, 3.63) is 34.2 Å². The van der Waals surface area contributed by atoms with Crippen LogP contribution in [0.2, 0.25) is 0 Å². The molecule has 0 spiro atoms. The van der Waals surface area contributed by atoms with Gasteiger partial charge in [0.2, 0.25) is 0 Å². The fourth-order valence-corrected chi connectivity index (χ4v) is 1.86. The Morgan fingerprint density at radius 2 is 2.29 bits per heavy atom. The van der Waals surface area contributed by atoms with Gasteiger partial charge in [0.1, 0.15) is 5.65 Å². The quantitative estimate of drug-likeness (QED) is 0.890. The minimum Gasteiger partial charge on any atom is -0.396 e. The summed E-state index contributed by atoms with van der Waals surface area (Å²) in [4.78, 5) is 4.43. The van der Waals surface area contributed by atoms with E-state index in [9.17, 15) is 0 Å². The number of nitrogens with zero attached hydrogens (tertiary/aromatic N) is 2. The molecule has 2 aromatic heterocycles. The summed E-state index contributed by atoms with van der Waals surface area (Å²) >= 11 is 3.42. The van der Waals surface area contributed by atoms with Gasteiger partial charge < -0.3 is 9.51 Å². The molecule has 2 aromatic rings. The van der Waals surface area contributed by atoms with Crippen LogP contribution in [-0.4, -0.2) is 21.1 Å². The molecule has 0 aliphatic rings. The van der Waals surface area contributed by atoms with E-state index in [2.05, 4.69) is 20.9 Å². The molecule has 14 heavy (non-hydrogen) atoms. The molecular weight excluding hydrogens is 244 g/mol. The van der Waals surface area contributed by atoms with Crippen LogP contribution in [0.5, 0.6) is 0 Å². The van der Waals surface area contributed by atoms with E-state index in [0.717, 1.165) is 21.5 Å². The second kappa shape index (κ2) is 3.71. The number of aromatic nitrogens is 2. The van der Waals surface area contributed by atoms with Crippen LogP contribution in [0.25, 0.3) is 5.65 Å². The van der Waals surface area contributed by atoms with Crippen LogP contribution in [0.4, 0.5) is 0 Å². The van der Waals surface area contributed by atoms with Gasteiger partial charge in [-0.2, -0.15) is 0 Å². The molecule has 0 unspecified atom stereocenters. The minimum atomic E-state index is 0.145. The number of aryl methyl sites for hydroxylation is 1. The minimum absolute atomic E-state index is 0.145. The van der Waals surface area contributed by atoms with E-state index >= 15 is 0 Å². The molecule has 2 heterocycles. The molecule has 74 valence electrons. The topological polar surface area (TPSA) is 37.5 Å². The van der Waals surface area contributed by atoms with E-state index in [1.165, 1.54) is 0 Å². The van der Waals surface area contributed by atoms with Crippen molar-refractivity contribution in [2.75, 3.05) is 6.61 Å². The smallest absolute Gasteiger partial charge is 0.137 e. The van der Waals surface area contributed by atoms with Gasteiger partial charge in [-0.15, -0.1) is 0 Å². The maximum Gasteiger partial charge on any atom is 0.137 e. The molecule has 4 heteroatoms. The maximum atomic E-state index is 8.87. The first-order valence-electron chi connectivity index (χ1n) is 4.46. The number of aliphatic hydroxyl groups excluding tert-OH is 1. The van der Waals surface area contributed by atoms with Gasteiger partial charge in [0, 0.05) is 29.4 Å². The summed E-state index contributed by atoms with van der Waals surface area (Å²) in [5.74, 6) is 0. The number of hydrogen-bond donors (Lipinski definition) is 1. The molecule has 0 aromatic carbocycles. The maximum absolute atomic E-state index is 8.87. The van der Waals surface area contributed by atoms with E-state index in [1.807, 2.05) is 29.7 Å². The number of hydrogen-bond acceptors (Lipinski definition) is 2. The number of imidazole rings is 1. The van der Waals surface area contributed by atoms with Crippen molar-refractivity contribution in [2.24, 2.45) is 0 Å². The number of rotatable bonds is 2. The summed E-state index contributed by atoms with van der Waals surface area (Å²) in [7, 11) is 0. The number of halogens is 1. The van der Waals surface area contributed by atoms with Crippen LogP contribution in [0.15, 0.2) is 22.8 Å². The molecule has 0 bridgehead atoms. The Bertz CT molecular complexity index is 464. The Morgan fingerprint density at radius 1 is 1.50 bits per heavy atom. The summed E-state index contributed by atoms with van der Waals surface area (Å²) in [5, 5.41) is 8.87. The molecule has 0 radical (unpaired) electrons. The molecule has 0 saturated heterocycles. The molecule has 0 aliphatic heterocycles. The van der Waals surface area contributed by atoms with Crippen LogP contribution >= 0.6 is 15.9 Å². The Kier molecular flexibility index (Phi) is 2.56. The molecular formula is C10H11BrN2O. The second-order valence-corrected chi connectivity index (χ2v) is 4.11. The zero-order valence-electron chi connectivity index (χ0n) is 7.87. The molecule has 0 amide bonds. The Hall–Kier alpha value is -0.870. The lowest BCUT2D eigenvalue weighted by Gasteiger charge is -1.97. The van der Waals surface area contributed by atoms with E-state index < -0.39 is 0 Å². The Labute approximate surface area is 90.5 Å². The van der Waals surface area contributed by atoms with Gasteiger partial charge >= 0.3 is 0 Å². The van der Waals surface area contributed by atoms with E-state index in [4.69, 9.17) is 5.11 Å². The van der Waals surface area contributed by atoms with Gasteiger partial charge in [-0.3, -0.25) is 0 Å². The second-order valence-electron chi connectivity index (χ2n) is 3.19. The summed E-state index contributed by atoms with van der Waals surface area (Å²) in [6.45, 7) is 2.16. The van der Waals surface area contributed by atoms with Gasteiger partial charge in [-0.25, -0.2) is 4.98 Å². The SMILES string of the molecule is Cc1c(CCO)nc2ccc(Br)cn12. The highest BCUT2D eigenvalue weighted by atomic mass is 79.9. The fraction of sp³-hybridized carbons (Fsp3) is 0.300. The van der Waals surface area contributed by atoms with Gasteiger partial charge in [0.25, 0.3) is 0 Å². The van der Waals surface area contributed by atoms with Crippen molar-refractivity contribution in [3.63, 3.8) is 0 Å². The first-order valence-corrected chi connectivity index (χ1v) is 5.25. The average Bonchev–Trinajstić information content (AvgIpc) is 2.46. The van der Waals surface area contributed by atoms with Gasteiger partial charge in [0.15, 0.2) is 0 Å². The lowest BCUT2D eigenvalue weighted by atomic mass is 10.3. The van der Waals surface area contributed by atoms with Gasteiger partial charge in [0.05, 0.1) is 5.69 Å². The van der Waals surface area contributed by atoms with Crippen molar-refractivity contribution in [2.45, 2.75) is 13.3 Å². The Balaban J connectivity index is 2.62. The van der Waals surface area contributed by atoms with Crippen molar-refractivity contribution in [1.82, 2.24) is 9.38 Å². The van der Waals surface area contributed by atoms with Crippen molar-refractivity contribution in [3.8, 4) is 0 Å². The number of pyridine rings is 1. The molecule has 0 aliphatic carbocycles. The zero-order chi connectivity index (χ0) is 10.1. The van der Waals surface area contributed by atoms with Crippen molar-refractivity contribution in [1.29, 1.82) is 0 Å². The van der Waals surface area contributed by atoms with Crippen molar-refractivity contribution < 1.29 is 5.11 Å². The highest BCUT2D eigenvalue weighted by molar-refractivity contribution is 9.10. The van der Waals surface area contributed by atoms with Gasteiger partial charge in [-0.05, 0) is 35.0 Å². The molecule has 1 N–H and O–H groups in total. The predicted molar refractivity (Wildman–Crippen MR) is 58.4 cm³/mol. The molecule has 0 fully saturated rings. The highest BCUT2D eigenvalue weighted by Gasteiger charge is 2.06. The first kappa shape index (κ1) is 9.68. The molecule has 3 nitrogen and oxygen atoms in total. The third-order valence-electron chi connectivity index (χ3n) is 2.27. The number of aliphatic hydroxyl groups is 1. The lowest BCUT2D eigenvalue weighted by Crippen LogP contribution is -1.94. The summed E-state index contributed by atoms with van der Waals surface area (Å²) in [6.07, 6.45) is 2.60. The third-order valence-corrected chi connectivity index (χ3v) is 2.74. The highest BCUT2D eigenvalue weighted by Crippen LogP contribution is 2.16. The average molecular weight is 255 g/mol. The first-order chi connectivity index (χ1) is 6.72. The lowest BCUT2D eigenvalue weighted by molar-refractivity contribution is 0.298. The van der Waals surface area contributed by atoms with Crippen LogP contribution in [0, 0.1) is 6.92 Å². The van der Waals surface area contributed by atoms with Gasteiger partial charge in [-0.1, -0.05) is 0 Å². The number of fused-ring (bicyclic) bond motifs is 1. The largest absolute Gasteiger partial charge is 0.396 e. The fourth-order valence-electron chi connectivity index (χ4n) is 1.53. The van der Waals surface area contributed by atoms with Crippen LogP contribution in [-0.2, 0) is 6.42 Å². The van der Waals surface area contributed by atoms with Crippen LogP contribution in [0.3, 0.4) is 0 Å². The van der Waals surface area contributed by atoms with Crippen LogP contribution in [0.1, 0.15) is 11.4 Å². The van der Waals surface area contributed by atoms with Crippen LogP contribution < -0.4 is 0 Å². The third kappa shape index (κ3) is 1.55. The Morgan fingerprint density at radius 3 is 3.00 bits per heavy atom. The van der Waals surface area contributed by atoms with E-state index in [-0.39, 0.29) is 6.61 Å². The monoisotopic (exact) mass is 254 g/mol. The predicted octanol–water partition coefficient (Wildman–Crippen LogP) is 1.94. The zero-order valence-corrected chi connectivity index (χ0v) is 9.45. The van der Waals surface area contributed by atoms with Crippen molar-refractivity contribution >= 4 is 21.6 Å². The van der Waals surface area contributed by atoms with E-state index in [1.54, 1.807) is 0 Å². The normalized spacial score (nSPS) is 11.1. The molecule has 0 atom stereocenters. The summed E-state index contributed by atoms with van der Waals surface area (Å²) in [6, 6.07) is 3.92. The van der Waals surface area contributed by atoms with E-state index in [0.29, 0.717) is 6.42 Å². The summed E-state index contributed by atoms with van der Waals surface area (Å²) in [5.41, 5.74) is 2.98. The summed E-state index contributed by atoms with van der Waals surface area (Å²) < 4.78 is 3.05. The molecule has 2 rings (SSSR count). The molecule has 0 saturated carbocycles.